The second-order valence-electron chi connectivity index (χ2n) is 6.96. The van der Waals surface area contributed by atoms with Gasteiger partial charge in [-0.3, -0.25) is 4.79 Å². The molecular formula is C19H23N3OS. The highest BCUT2D eigenvalue weighted by Crippen LogP contribution is 2.43. The van der Waals surface area contributed by atoms with Crippen LogP contribution in [0.1, 0.15) is 27.9 Å². The number of aromatic nitrogens is 1. The molecule has 24 heavy (non-hydrogen) atoms. The van der Waals surface area contributed by atoms with Crippen molar-refractivity contribution in [1.82, 2.24) is 15.2 Å². The third kappa shape index (κ3) is 2.76. The van der Waals surface area contributed by atoms with Gasteiger partial charge in [-0.15, -0.1) is 11.3 Å². The second-order valence-corrected chi connectivity index (χ2v) is 8.03. The standard InChI is InChI=1S/C19H23N3OS/c1-12-5-3-4-6-16(12)19-17-9-20-8-14(17)10-22(19)18(23)7-15-11-24-13(2)21-15/h3-6,11,14,17,19-20H,7-10H2,1-2H3/t14-,17-,19-/m0/s1. The number of carbonyl (C=O) groups excluding carboxylic acids is 1. The van der Waals surface area contributed by atoms with Crippen LogP contribution in [0.4, 0.5) is 0 Å². The van der Waals surface area contributed by atoms with Gasteiger partial charge in [-0.25, -0.2) is 4.98 Å². The first-order valence-electron chi connectivity index (χ1n) is 8.60. The molecule has 0 unspecified atom stereocenters. The molecule has 3 atom stereocenters. The third-order valence-electron chi connectivity index (χ3n) is 5.39. The van der Waals surface area contributed by atoms with E-state index < -0.39 is 0 Å². The summed E-state index contributed by atoms with van der Waals surface area (Å²) in [6.07, 6.45) is 0.416. The maximum Gasteiger partial charge on any atom is 0.229 e. The highest BCUT2D eigenvalue weighted by molar-refractivity contribution is 7.09. The molecule has 0 saturated carbocycles. The first kappa shape index (κ1) is 15.8. The molecule has 1 aromatic carbocycles. The van der Waals surface area contributed by atoms with Crippen LogP contribution >= 0.6 is 11.3 Å². The number of amides is 1. The van der Waals surface area contributed by atoms with Gasteiger partial charge in [0.1, 0.15) is 0 Å². The van der Waals surface area contributed by atoms with Gasteiger partial charge in [-0.2, -0.15) is 0 Å². The zero-order chi connectivity index (χ0) is 16.7. The van der Waals surface area contributed by atoms with Gasteiger partial charge in [-0.05, 0) is 30.9 Å². The molecule has 1 N–H and O–H groups in total. The summed E-state index contributed by atoms with van der Waals surface area (Å²) in [6.45, 7) is 7.02. The Morgan fingerprint density at radius 2 is 2.17 bits per heavy atom. The van der Waals surface area contributed by atoms with Gasteiger partial charge in [0, 0.05) is 30.9 Å². The van der Waals surface area contributed by atoms with Crippen molar-refractivity contribution >= 4 is 17.2 Å². The van der Waals surface area contributed by atoms with Crippen LogP contribution in [-0.2, 0) is 11.2 Å². The van der Waals surface area contributed by atoms with E-state index in [1.165, 1.54) is 11.1 Å². The van der Waals surface area contributed by atoms with Gasteiger partial charge >= 0.3 is 0 Å². The Morgan fingerprint density at radius 1 is 1.33 bits per heavy atom. The maximum atomic E-state index is 13.0. The van der Waals surface area contributed by atoms with E-state index in [4.69, 9.17) is 0 Å². The summed E-state index contributed by atoms with van der Waals surface area (Å²) >= 11 is 1.61. The fraction of sp³-hybridized carbons (Fsp3) is 0.474. The number of hydrogen-bond acceptors (Lipinski definition) is 4. The lowest BCUT2D eigenvalue weighted by atomic mass is 9.87. The number of likely N-dealkylation sites (tertiary alicyclic amines) is 1. The molecule has 126 valence electrons. The second kappa shape index (κ2) is 6.30. The van der Waals surface area contributed by atoms with Gasteiger partial charge in [-0.1, -0.05) is 24.3 Å². The molecule has 2 aliphatic rings. The summed E-state index contributed by atoms with van der Waals surface area (Å²) in [7, 11) is 0. The van der Waals surface area contributed by atoms with E-state index in [2.05, 4.69) is 46.4 Å². The average Bonchev–Trinajstić information content (AvgIpc) is 3.24. The summed E-state index contributed by atoms with van der Waals surface area (Å²) in [6, 6.07) is 8.69. The molecule has 3 heterocycles. The summed E-state index contributed by atoms with van der Waals surface area (Å²) in [5.74, 6) is 1.30. The van der Waals surface area contributed by atoms with E-state index in [9.17, 15) is 4.79 Å². The van der Waals surface area contributed by atoms with Crippen molar-refractivity contribution in [1.29, 1.82) is 0 Å². The molecule has 2 fully saturated rings. The Hall–Kier alpha value is -1.72. The van der Waals surface area contributed by atoms with Crippen molar-refractivity contribution in [3.63, 3.8) is 0 Å². The van der Waals surface area contributed by atoms with Gasteiger partial charge in [0.25, 0.3) is 0 Å². The number of nitrogens with one attached hydrogen (secondary N) is 1. The number of rotatable bonds is 3. The van der Waals surface area contributed by atoms with E-state index in [0.29, 0.717) is 18.3 Å². The quantitative estimate of drug-likeness (QED) is 0.934. The van der Waals surface area contributed by atoms with Gasteiger partial charge < -0.3 is 10.2 Å². The van der Waals surface area contributed by atoms with Crippen LogP contribution in [0.5, 0.6) is 0 Å². The topological polar surface area (TPSA) is 45.2 Å². The molecule has 1 aromatic heterocycles. The van der Waals surface area contributed by atoms with Crippen molar-refractivity contribution in [2.75, 3.05) is 19.6 Å². The fourth-order valence-corrected chi connectivity index (χ4v) is 4.85. The number of aryl methyl sites for hydroxylation is 2. The summed E-state index contributed by atoms with van der Waals surface area (Å²) in [4.78, 5) is 19.6. The fourth-order valence-electron chi connectivity index (χ4n) is 4.24. The Bertz CT molecular complexity index is 757. The number of benzene rings is 1. The van der Waals surface area contributed by atoms with Gasteiger partial charge in [0.05, 0.1) is 23.2 Å². The zero-order valence-electron chi connectivity index (χ0n) is 14.2. The molecule has 0 aliphatic carbocycles. The first-order valence-corrected chi connectivity index (χ1v) is 9.48. The molecule has 4 nitrogen and oxygen atoms in total. The molecule has 0 radical (unpaired) electrons. The Morgan fingerprint density at radius 3 is 2.92 bits per heavy atom. The Labute approximate surface area is 146 Å². The van der Waals surface area contributed by atoms with Crippen LogP contribution < -0.4 is 5.32 Å². The van der Waals surface area contributed by atoms with E-state index in [1.807, 2.05) is 12.3 Å². The molecule has 2 aliphatic heterocycles. The van der Waals surface area contributed by atoms with Crippen molar-refractivity contribution in [2.45, 2.75) is 26.3 Å². The van der Waals surface area contributed by atoms with Crippen molar-refractivity contribution in [3.8, 4) is 0 Å². The Balaban J connectivity index is 1.63. The minimum absolute atomic E-state index is 0.193. The third-order valence-corrected chi connectivity index (χ3v) is 6.21. The lowest BCUT2D eigenvalue weighted by Crippen LogP contribution is -2.36. The van der Waals surface area contributed by atoms with Crippen molar-refractivity contribution in [3.05, 3.63) is 51.5 Å². The summed E-state index contributed by atoms with van der Waals surface area (Å²) in [5, 5.41) is 6.54. The largest absolute Gasteiger partial charge is 0.335 e. The monoisotopic (exact) mass is 341 g/mol. The number of fused-ring (bicyclic) bond motifs is 1. The highest BCUT2D eigenvalue weighted by Gasteiger charge is 2.46. The summed E-state index contributed by atoms with van der Waals surface area (Å²) in [5.41, 5.74) is 3.48. The van der Waals surface area contributed by atoms with Gasteiger partial charge in [0.15, 0.2) is 0 Å². The van der Waals surface area contributed by atoms with E-state index in [0.717, 1.165) is 30.3 Å². The average molecular weight is 341 g/mol. The normalized spacial score (nSPS) is 25.9. The number of thiazole rings is 1. The first-order chi connectivity index (χ1) is 11.6. The summed E-state index contributed by atoms with van der Waals surface area (Å²) < 4.78 is 0. The maximum absolute atomic E-state index is 13.0. The minimum Gasteiger partial charge on any atom is -0.335 e. The van der Waals surface area contributed by atoms with Crippen LogP contribution in [0.3, 0.4) is 0 Å². The molecule has 1 amide bonds. The molecule has 5 heteroatoms. The number of nitrogens with zero attached hydrogens (tertiary/aromatic N) is 2. The lowest BCUT2D eigenvalue weighted by Gasteiger charge is -2.29. The molecule has 0 spiro atoms. The SMILES string of the molecule is Cc1nc(CC(=O)N2C[C@@H]3CNC[C@@H]3[C@@H]2c2ccccc2C)cs1. The predicted octanol–water partition coefficient (Wildman–Crippen LogP) is 2.72. The molecule has 2 aromatic rings. The minimum atomic E-state index is 0.193. The lowest BCUT2D eigenvalue weighted by molar-refractivity contribution is -0.132. The van der Waals surface area contributed by atoms with E-state index >= 15 is 0 Å². The van der Waals surface area contributed by atoms with Crippen molar-refractivity contribution < 1.29 is 4.79 Å². The smallest absolute Gasteiger partial charge is 0.229 e. The number of hydrogen-bond donors (Lipinski definition) is 1. The number of carbonyl (C=O) groups is 1. The predicted molar refractivity (Wildman–Crippen MR) is 96.0 cm³/mol. The van der Waals surface area contributed by atoms with Crippen molar-refractivity contribution in [2.24, 2.45) is 11.8 Å². The molecular weight excluding hydrogens is 318 g/mol. The van der Waals surface area contributed by atoms with Crippen LogP contribution in [-0.4, -0.2) is 35.4 Å². The van der Waals surface area contributed by atoms with Crippen LogP contribution in [0.25, 0.3) is 0 Å². The van der Waals surface area contributed by atoms with E-state index in [1.54, 1.807) is 11.3 Å². The highest BCUT2D eigenvalue weighted by atomic mass is 32.1. The molecule has 0 bridgehead atoms. The molecule has 4 rings (SSSR count). The van der Waals surface area contributed by atoms with Gasteiger partial charge in [0.2, 0.25) is 5.91 Å². The van der Waals surface area contributed by atoms with Crippen LogP contribution in [0, 0.1) is 25.7 Å². The molecule has 2 saturated heterocycles. The van der Waals surface area contributed by atoms with Crippen LogP contribution in [0.2, 0.25) is 0 Å². The van der Waals surface area contributed by atoms with Crippen LogP contribution in [0.15, 0.2) is 29.6 Å². The van der Waals surface area contributed by atoms with E-state index in [-0.39, 0.29) is 11.9 Å². The Kier molecular flexibility index (Phi) is 4.14. The zero-order valence-corrected chi connectivity index (χ0v) is 15.0.